The second kappa shape index (κ2) is 8.95. The van der Waals surface area contributed by atoms with E-state index in [-0.39, 0.29) is 11.9 Å². The summed E-state index contributed by atoms with van der Waals surface area (Å²) in [6, 6.07) is 16.8. The van der Waals surface area contributed by atoms with E-state index < -0.39 is 0 Å². The van der Waals surface area contributed by atoms with E-state index in [2.05, 4.69) is 4.98 Å². The number of hydrogen-bond acceptors (Lipinski definition) is 4. The molecule has 2 aromatic carbocycles. The number of benzene rings is 2. The number of para-hydroxylation sites is 1. The highest BCUT2D eigenvalue weighted by molar-refractivity contribution is 5.67. The van der Waals surface area contributed by atoms with Crippen LogP contribution in [0.2, 0.25) is 0 Å². The lowest BCUT2D eigenvalue weighted by Gasteiger charge is -2.27. The zero-order valence-corrected chi connectivity index (χ0v) is 16.6. The van der Waals surface area contributed by atoms with E-state index >= 15 is 4.39 Å². The molecule has 1 aliphatic rings. The topological polar surface area (TPSA) is 34.6 Å². The summed E-state index contributed by atoms with van der Waals surface area (Å²) in [5.74, 6) is 0.656. The Hall–Kier alpha value is -3.08. The normalized spacial score (nSPS) is 14.0. The van der Waals surface area contributed by atoms with Crippen LogP contribution in [0.25, 0.3) is 0 Å². The number of rotatable bonds is 7. The molecule has 1 saturated carbocycles. The van der Waals surface area contributed by atoms with Crippen molar-refractivity contribution in [2.24, 2.45) is 0 Å². The molecule has 0 bridgehead atoms. The van der Waals surface area contributed by atoms with Crippen molar-refractivity contribution in [2.45, 2.75) is 38.3 Å². The molecule has 3 aromatic rings. The third kappa shape index (κ3) is 4.50. The van der Waals surface area contributed by atoms with E-state index in [4.69, 9.17) is 9.47 Å². The first-order valence-corrected chi connectivity index (χ1v) is 10.0. The molecule has 0 radical (unpaired) electrons. The van der Waals surface area contributed by atoms with Gasteiger partial charge in [0.25, 0.3) is 0 Å². The Bertz CT molecular complexity index is 928. The molecular formula is C24H25FN2O2. The second-order valence-electron chi connectivity index (χ2n) is 7.26. The fourth-order valence-electron chi connectivity index (χ4n) is 3.77. The van der Waals surface area contributed by atoms with Crippen molar-refractivity contribution < 1.29 is 13.9 Å². The maximum Gasteiger partial charge on any atom is 0.163 e. The number of nitrogens with zero attached hydrogens (tertiary/aromatic N) is 2. The van der Waals surface area contributed by atoms with Gasteiger partial charge in [-0.2, -0.15) is 0 Å². The van der Waals surface area contributed by atoms with Gasteiger partial charge in [0, 0.05) is 36.8 Å². The van der Waals surface area contributed by atoms with Crippen molar-refractivity contribution in [1.29, 1.82) is 0 Å². The van der Waals surface area contributed by atoms with Gasteiger partial charge in [0.1, 0.15) is 0 Å². The first kappa shape index (κ1) is 19.2. The number of methoxy groups -OCH3 is 1. The third-order valence-electron chi connectivity index (χ3n) is 5.25. The summed E-state index contributed by atoms with van der Waals surface area (Å²) in [4.78, 5) is 6.13. The van der Waals surface area contributed by atoms with Gasteiger partial charge in [0.2, 0.25) is 0 Å². The lowest BCUT2D eigenvalue weighted by atomic mass is 10.1. The van der Waals surface area contributed by atoms with Crippen LogP contribution in [0.15, 0.2) is 67.0 Å². The summed E-state index contributed by atoms with van der Waals surface area (Å²) in [6.07, 6.45) is 8.06. The number of pyridine rings is 1. The molecule has 0 amide bonds. The van der Waals surface area contributed by atoms with Crippen LogP contribution < -0.4 is 14.4 Å². The minimum atomic E-state index is -0.353. The zero-order valence-electron chi connectivity index (χ0n) is 16.6. The van der Waals surface area contributed by atoms with E-state index in [0.29, 0.717) is 23.7 Å². The van der Waals surface area contributed by atoms with E-state index in [1.165, 1.54) is 6.07 Å². The molecule has 0 unspecified atom stereocenters. The van der Waals surface area contributed by atoms with E-state index in [9.17, 15) is 0 Å². The quantitative estimate of drug-likeness (QED) is 0.502. The Morgan fingerprint density at radius 2 is 1.83 bits per heavy atom. The SMILES string of the molecule is COc1cc(F)c(N(Cc2cccnc2)c2ccccc2)cc1OC1CCCC1. The zero-order chi connectivity index (χ0) is 20.1. The van der Waals surface area contributed by atoms with Gasteiger partial charge >= 0.3 is 0 Å². The van der Waals surface area contributed by atoms with Crippen molar-refractivity contribution in [1.82, 2.24) is 4.98 Å². The molecule has 0 atom stereocenters. The van der Waals surface area contributed by atoms with Crippen LogP contribution in [0.3, 0.4) is 0 Å². The molecule has 0 saturated heterocycles. The average Bonchev–Trinajstić information content (AvgIpc) is 3.28. The molecule has 5 heteroatoms. The van der Waals surface area contributed by atoms with Crippen molar-refractivity contribution in [3.8, 4) is 11.5 Å². The maximum absolute atomic E-state index is 15.2. The lowest BCUT2D eigenvalue weighted by Crippen LogP contribution is -2.19. The Morgan fingerprint density at radius 1 is 1.03 bits per heavy atom. The van der Waals surface area contributed by atoms with Gasteiger partial charge in [-0.1, -0.05) is 24.3 Å². The fourth-order valence-corrected chi connectivity index (χ4v) is 3.77. The van der Waals surface area contributed by atoms with E-state index in [1.54, 1.807) is 25.6 Å². The van der Waals surface area contributed by atoms with E-state index in [0.717, 1.165) is 36.9 Å². The molecule has 1 heterocycles. The second-order valence-corrected chi connectivity index (χ2v) is 7.26. The van der Waals surface area contributed by atoms with Crippen LogP contribution >= 0.6 is 0 Å². The Balaban J connectivity index is 1.74. The number of hydrogen-bond donors (Lipinski definition) is 0. The molecule has 0 spiro atoms. The number of ether oxygens (including phenoxy) is 2. The third-order valence-corrected chi connectivity index (χ3v) is 5.25. The summed E-state index contributed by atoms with van der Waals surface area (Å²) < 4.78 is 26.8. The monoisotopic (exact) mass is 392 g/mol. The Morgan fingerprint density at radius 3 is 2.52 bits per heavy atom. The van der Waals surface area contributed by atoms with Crippen LogP contribution in [-0.4, -0.2) is 18.2 Å². The summed E-state index contributed by atoms with van der Waals surface area (Å²) in [5, 5.41) is 0. The summed E-state index contributed by atoms with van der Waals surface area (Å²) in [7, 11) is 1.54. The van der Waals surface area contributed by atoms with Gasteiger partial charge in [-0.25, -0.2) is 4.39 Å². The largest absolute Gasteiger partial charge is 0.493 e. The summed E-state index contributed by atoms with van der Waals surface area (Å²) in [5.41, 5.74) is 2.34. The van der Waals surface area contributed by atoms with Gasteiger partial charge in [-0.05, 0) is 49.4 Å². The Labute approximate surface area is 170 Å². The molecule has 0 N–H and O–H groups in total. The standard InChI is InChI=1S/C24H25FN2O2/c1-28-23-14-21(25)22(15-24(23)29-20-11-5-6-12-20)27(19-9-3-2-4-10-19)17-18-8-7-13-26-16-18/h2-4,7-10,13-16,20H,5-6,11-12,17H2,1H3. The number of halogens is 1. The molecule has 4 nitrogen and oxygen atoms in total. The van der Waals surface area contributed by atoms with Crippen molar-refractivity contribution in [3.05, 3.63) is 78.4 Å². The van der Waals surface area contributed by atoms with Crippen LogP contribution in [0.5, 0.6) is 11.5 Å². The lowest BCUT2D eigenvalue weighted by molar-refractivity contribution is 0.200. The van der Waals surface area contributed by atoms with Gasteiger partial charge in [-0.3, -0.25) is 4.98 Å². The minimum absolute atomic E-state index is 0.158. The molecule has 1 aliphatic carbocycles. The summed E-state index contributed by atoms with van der Waals surface area (Å²) >= 11 is 0. The van der Waals surface area contributed by atoms with E-state index in [1.807, 2.05) is 47.4 Å². The molecule has 1 fully saturated rings. The number of anilines is 2. The van der Waals surface area contributed by atoms with Crippen molar-refractivity contribution >= 4 is 11.4 Å². The van der Waals surface area contributed by atoms with Crippen molar-refractivity contribution in [2.75, 3.05) is 12.0 Å². The minimum Gasteiger partial charge on any atom is -0.493 e. The maximum atomic E-state index is 15.2. The highest BCUT2D eigenvalue weighted by atomic mass is 19.1. The van der Waals surface area contributed by atoms with Gasteiger partial charge in [-0.15, -0.1) is 0 Å². The van der Waals surface area contributed by atoms with Crippen LogP contribution in [0, 0.1) is 5.82 Å². The van der Waals surface area contributed by atoms with Crippen LogP contribution in [0.4, 0.5) is 15.8 Å². The molecule has 150 valence electrons. The average molecular weight is 392 g/mol. The highest BCUT2D eigenvalue weighted by Gasteiger charge is 2.22. The van der Waals surface area contributed by atoms with Crippen LogP contribution in [-0.2, 0) is 6.54 Å². The van der Waals surface area contributed by atoms with Gasteiger partial charge < -0.3 is 14.4 Å². The highest BCUT2D eigenvalue weighted by Crippen LogP contribution is 2.39. The molecule has 29 heavy (non-hydrogen) atoms. The molecule has 1 aromatic heterocycles. The fraction of sp³-hybridized carbons (Fsp3) is 0.292. The van der Waals surface area contributed by atoms with Crippen molar-refractivity contribution in [3.63, 3.8) is 0 Å². The molecule has 4 rings (SSSR count). The predicted octanol–water partition coefficient (Wildman–Crippen LogP) is 5.89. The van der Waals surface area contributed by atoms with Crippen LogP contribution in [0.1, 0.15) is 31.2 Å². The smallest absolute Gasteiger partial charge is 0.163 e. The van der Waals surface area contributed by atoms with Gasteiger partial charge in [0.05, 0.1) is 18.9 Å². The first-order chi connectivity index (χ1) is 14.2. The predicted molar refractivity (Wildman–Crippen MR) is 112 cm³/mol. The summed E-state index contributed by atoms with van der Waals surface area (Å²) in [6.45, 7) is 0.490. The number of aromatic nitrogens is 1. The van der Waals surface area contributed by atoms with Gasteiger partial charge in [0.15, 0.2) is 17.3 Å². The molecule has 0 aliphatic heterocycles. The first-order valence-electron chi connectivity index (χ1n) is 10.0. The Kier molecular flexibility index (Phi) is 5.94. The molecular weight excluding hydrogens is 367 g/mol.